The number of hydrogen-bond acceptors (Lipinski definition) is 5. The van der Waals surface area contributed by atoms with E-state index in [-0.39, 0.29) is 23.6 Å². The van der Waals surface area contributed by atoms with Crippen LogP contribution in [0.5, 0.6) is 0 Å². The van der Waals surface area contributed by atoms with Crippen molar-refractivity contribution in [3.05, 3.63) is 71.2 Å². The van der Waals surface area contributed by atoms with Gasteiger partial charge in [-0.15, -0.1) is 0 Å². The normalized spacial score (nSPS) is 11.0. The number of carbonyl (C=O) groups is 1. The molecule has 2 aromatic heterocycles. The highest BCUT2D eigenvalue weighted by Gasteiger charge is 2.24. The fourth-order valence-electron chi connectivity index (χ4n) is 2.79. The van der Waals surface area contributed by atoms with E-state index in [1.807, 2.05) is 6.07 Å². The number of nitriles is 1. The lowest BCUT2D eigenvalue weighted by atomic mass is 10.1. The van der Waals surface area contributed by atoms with Gasteiger partial charge in [-0.1, -0.05) is 12.1 Å². The first kappa shape index (κ1) is 19.3. The molecule has 1 amide bonds. The van der Waals surface area contributed by atoms with Crippen molar-refractivity contribution in [1.29, 1.82) is 5.26 Å². The minimum atomic E-state index is -3.39. The standard InChI is InChI=1S/C19H18N4O4S/c1-13-17(16(11-20)19(27-13)23-8-3-4-9-23)18(24)21-12-14-6-5-7-15(10-14)22-28(2,25)26/h3-10,22H,12H2,1-2H3,(H,21,24). The van der Waals surface area contributed by atoms with E-state index < -0.39 is 15.9 Å². The molecule has 0 fully saturated rings. The van der Waals surface area contributed by atoms with E-state index in [1.165, 1.54) is 0 Å². The Hall–Kier alpha value is -3.51. The van der Waals surface area contributed by atoms with Gasteiger partial charge in [0.05, 0.1) is 6.26 Å². The number of sulfonamides is 1. The molecule has 0 atom stereocenters. The molecule has 144 valence electrons. The van der Waals surface area contributed by atoms with Gasteiger partial charge < -0.3 is 9.73 Å². The van der Waals surface area contributed by atoms with E-state index in [0.717, 1.165) is 6.26 Å². The lowest BCUT2D eigenvalue weighted by Gasteiger charge is -2.08. The molecule has 0 spiro atoms. The first-order valence-corrected chi connectivity index (χ1v) is 10.2. The summed E-state index contributed by atoms with van der Waals surface area (Å²) in [5, 5.41) is 12.3. The maximum absolute atomic E-state index is 12.7. The Labute approximate surface area is 162 Å². The molecule has 0 saturated carbocycles. The molecular weight excluding hydrogens is 380 g/mol. The van der Waals surface area contributed by atoms with Gasteiger partial charge in [-0.25, -0.2) is 8.42 Å². The number of aromatic nitrogens is 1. The summed E-state index contributed by atoms with van der Waals surface area (Å²) in [6.07, 6.45) is 4.51. The van der Waals surface area contributed by atoms with Gasteiger partial charge in [0.25, 0.3) is 5.91 Å². The summed E-state index contributed by atoms with van der Waals surface area (Å²) in [6.45, 7) is 1.78. The largest absolute Gasteiger partial charge is 0.443 e. The van der Waals surface area contributed by atoms with Crippen molar-refractivity contribution in [3.63, 3.8) is 0 Å². The maximum atomic E-state index is 12.7. The molecule has 0 aliphatic heterocycles. The van der Waals surface area contributed by atoms with Crippen molar-refractivity contribution >= 4 is 21.6 Å². The van der Waals surface area contributed by atoms with Gasteiger partial charge in [0.15, 0.2) is 0 Å². The van der Waals surface area contributed by atoms with Gasteiger partial charge in [0.1, 0.15) is 23.0 Å². The predicted molar refractivity (Wildman–Crippen MR) is 104 cm³/mol. The smallest absolute Gasteiger partial charge is 0.256 e. The number of carbonyl (C=O) groups excluding carboxylic acids is 1. The van der Waals surface area contributed by atoms with Gasteiger partial charge in [0, 0.05) is 24.6 Å². The third kappa shape index (κ3) is 4.24. The average molecular weight is 398 g/mol. The van der Waals surface area contributed by atoms with Crippen molar-refractivity contribution in [2.24, 2.45) is 0 Å². The lowest BCUT2D eigenvalue weighted by Crippen LogP contribution is -2.24. The fourth-order valence-corrected chi connectivity index (χ4v) is 3.34. The van der Waals surface area contributed by atoms with E-state index in [2.05, 4.69) is 10.0 Å². The first-order valence-electron chi connectivity index (χ1n) is 8.30. The molecule has 28 heavy (non-hydrogen) atoms. The summed E-state index contributed by atoms with van der Waals surface area (Å²) in [7, 11) is -3.39. The van der Waals surface area contributed by atoms with Crippen LogP contribution in [0.3, 0.4) is 0 Å². The highest BCUT2D eigenvalue weighted by molar-refractivity contribution is 7.92. The van der Waals surface area contributed by atoms with Gasteiger partial charge in [-0.05, 0) is 36.8 Å². The molecule has 0 unspecified atom stereocenters. The zero-order chi connectivity index (χ0) is 20.3. The molecule has 2 N–H and O–H groups in total. The summed E-state index contributed by atoms with van der Waals surface area (Å²) in [6, 6.07) is 12.3. The van der Waals surface area contributed by atoms with Crippen molar-refractivity contribution in [2.45, 2.75) is 13.5 Å². The minimum absolute atomic E-state index is 0.152. The zero-order valence-electron chi connectivity index (χ0n) is 15.3. The van der Waals surface area contributed by atoms with Crippen molar-refractivity contribution in [2.75, 3.05) is 11.0 Å². The molecule has 0 saturated heterocycles. The molecule has 1 aromatic carbocycles. The van der Waals surface area contributed by atoms with Crippen LogP contribution in [-0.4, -0.2) is 25.1 Å². The number of benzene rings is 1. The monoisotopic (exact) mass is 398 g/mol. The number of nitrogens with zero attached hydrogens (tertiary/aromatic N) is 2. The Kier molecular flexibility index (Phi) is 5.24. The molecule has 0 radical (unpaired) electrons. The second kappa shape index (κ2) is 7.62. The summed E-state index contributed by atoms with van der Waals surface area (Å²) in [5.74, 6) is 0.178. The van der Waals surface area contributed by atoms with E-state index >= 15 is 0 Å². The van der Waals surface area contributed by atoms with Crippen LogP contribution in [0.2, 0.25) is 0 Å². The number of furan rings is 1. The summed E-state index contributed by atoms with van der Waals surface area (Å²) in [5.41, 5.74) is 1.43. The molecule has 0 bridgehead atoms. The first-order chi connectivity index (χ1) is 13.3. The number of anilines is 1. The molecule has 8 nitrogen and oxygen atoms in total. The Morgan fingerprint density at radius 3 is 2.61 bits per heavy atom. The number of amides is 1. The molecule has 3 rings (SSSR count). The predicted octanol–water partition coefficient (Wildman–Crippen LogP) is 2.55. The number of nitrogens with one attached hydrogen (secondary N) is 2. The topological polar surface area (TPSA) is 117 Å². The van der Waals surface area contributed by atoms with E-state index in [0.29, 0.717) is 17.0 Å². The number of rotatable bonds is 6. The van der Waals surface area contributed by atoms with Crippen LogP contribution in [0.15, 0.2) is 53.2 Å². The SMILES string of the molecule is Cc1oc(-n2cccc2)c(C#N)c1C(=O)NCc1cccc(NS(C)(=O)=O)c1. The zero-order valence-corrected chi connectivity index (χ0v) is 16.1. The molecule has 0 aliphatic rings. The summed E-state index contributed by atoms with van der Waals surface area (Å²) in [4.78, 5) is 12.7. The van der Waals surface area contributed by atoms with Crippen LogP contribution in [-0.2, 0) is 16.6 Å². The highest BCUT2D eigenvalue weighted by Crippen LogP contribution is 2.25. The van der Waals surface area contributed by atoms with Gasteiger partial charge in [-0.3, -0.25) is 14.1 Å². The summed E-state index contributed by atoms with van der Waals surface area (Å²) >= 11 is 0. The lowest BCUT2D eigenvalue weighted by molar-refractivity contribution is 0.0949. The maximum Gasteiger partial charge on any atom is 0.256 e. The van der Waals surface area contributed by atoms with Crippen LogP contribution in [0.25, 0.3) is 5.88 Å². The van der Waals surface area contributed by atoms with Crippen molar-refractivity contribution in [1.82, 2.24) is 9.88 Å². The second-order valence-corrected chi connectivity index (χ2v) is 7.92. The summed E-state index contributed by atoms with van der Waals surface area (Å²) < 4.78 is 32.3. The van der Waals surface area contributed by atoms with Crippen molar-refractivity contribution < 1.29 is 17.6 Å². The molecule has 3 aromatic rings. The Morgan fingerprint density at radius 1 is 1.25 bits per heavy atom. The third-order valence-corrected chi connectivity index (χ3v) is 4.53. The average Bonchev–Trinajstić information content (AvgIpc) is 3.25. The quantitative estimate of drug-likeness (QED) is 0.662. The Morgan fingerprint density at radius 2 is 1.96 bits per heavy atom. The fraction of sp³-hybridized carbons (Fsp3) is 0.158. The molecule has 9 heteroatoms. The van der Waals surface area contributed by atoms with Gasteiger partial charge in [0.2, 0.25) is 15.9 Å². The van der Waals surface area contributed by atoms with Crippen LogP contribution in [0.1, 0.15) is 27.2 Å². The van der Waals surface area contributed by atoms with Crippen LogP contribution in [0, 0.1) is 18.3 Å². The van der Waals surface area contributed by atoms with E-state index in [1.54, 1.807) is 60.3 Å². The van der Waals surface area contributed by atoms with Crippen LogP contribution < -0.4 is 10.0 Å². The highest BCUT2D eigenvalue weighted by atomic mass is 32.2. The Balaban J connectivity index is 1.80. The van der Waals surface area contributed by atoms with Gasteiger partial charge in [-0.2, -0.15) is 5.26 Å². The number of hydrogen-bond donors (Lipinski definition) is 2. The number of aryl methyl sites for hydroxylation is 1. The van der Waals surface area contributed by atoms with Gasteiger partial charge >= 0.3 is 0 Å². The minimum Gasteiger partial charge on any atom is -0.443 e. The van der Waals surface area contributed by atoms with Crippen molar-refractivity contribution in [3.8, 4) is 12.0 Å². The second-order valence-electron chi connectivity index (χ2n) is 6.17. The van der Waals surface area contributed by atoms with Crippen LogP contribution >= 0.6 is 0 Å². The third-order valence-electron chi connectivity index (χ3n) is 3.93. The molecule has 2 heterocycles. The van der Waals surface area contributed by atoms with E-state index in [9.17, 15) is 18.5 Å². The molecular formula is C19H18N4O4S. The van der Waals surface area contributed by atoms with Crippen LogP contribution in [0.4, 0.5) is 5.69 Å². The van der Waals surface area contributed by atoms with E-state index in [4.69, 9.17) is 4.42 Å². The molecule has 0 aliphatic carbocycles. The Bertz CT molecular complexity index is 1160.